The third-order valence-electron chi connectivity index (χ3n) is 3.14. The lowest BCUT2D eigenvalue weighted by atomic mass is 9.87. The summed E-state index contributed by atoms with van der Waals surface area (Å²) in [7, 11) is 0. The Bertz CT molecular complexity index is 107. The zero-order chi connectivity index (χ0) is 6.27. The fourth-order valence-electron chi connectivity index (χ4n) is 2.59. The average molecular weight is 123 g/mol. The summed E-state index contributed by atoms with van der Waals surface area (Å²) in [6, 6.07) is 0. The van der Waals surface area contributed by atoms with Gasteiger partial charge in [-0.05, 0) is 43.4 Å². The van der Waals surface area contributed by atoms with Crippen LogP contribution in [0.4, 0.5) is 0 Å². The van der Waals surface area contributed by atoms with Gasteiger partial charge in [-0.25, -0.2) is 0 Å². The highest BCUT2D eigenvalue weighted by Crippen LogP contribution is 2.48. The van der Waals surface area contributed by atoms with Crippen LogP contribution in [0.1, 0.15) is 32.6 Å². The Morgan fingerprint density at radius 1 is 1.44 bits per heavy atom. The first-order valence-electron chi connectivity index (χ1n) is 4.23. The molecule has 2 rings (SSSR count). The molecule has 51 valence electrons. The normalized spacial score (nSPS) is 48.3. The zero-order valence-electron chi connectivity index (χ0n) is 6.14. The Morgan fingerprint density at radius 3 is 2.67 bits per heavy atom. The molecule has 0 aliphatic heterocycles. The number of hydrogen-bond acceptors (Lipinski definition) is 0. The first-order valence-corrected chi connectivity index (χ1v) is 4.23. The van der Waals surface area contributed by atoms with Crippen molar-refractivity contribution in [1.29, 1.82) is 0 Å². The second-order valence-electron chi connectivity index (χ2n) is 3.64. The highest BCUT2D eigenvalue weighted by Gasteiger charge is 2.38. The van der Waals surface area contributed by atoms with Crippen LogP contribution in [-0.4, -0.2) is 0 Å². The first kappa shape index (κ1) is 5.76. The molecule has 0 spiro atoms. The molecule has 0 amide bonds. The van der Waals surface area contributed by atoms with Crippen molar-refractivity contribution in [2.24, 2.45) is 17.8 Å². The molecule has 2 aliphatic rings. The second-order valence-corrected chi connectivity index (χ2v) is 3.64. The Balaban J connectivity index is 2.01. The summed E-state index contributed by atoms with van der Waals surface area (Å²) in [5.74, 6) is 3.20. The van der Waals surface area contributed by atoms with Gasteiger partial charge in [0.05, 0.1) is 0 Å². The number of hydrogen-bond donors (Lipinski definition) is 0. The summed E-state index contributed by atoms with van der Waals surface area (Å²) in [5.41, 5.74) is 0. The van der Waals surface area contributed by atoms with Gasteiger partial charge >= 0.3 is 0 Å². The summed E-state index contributed by atoms with van der Waals surface area (Å²) in [5, 5.41) is 0. The van der Waals surface area contributed by atoms with Crippen LogP contribution in [0.25, 0.3) is 0 Å². The van der Waals surface area contributed by atoms with E-state index in [1.54, 1.807) is 0 Å². The standard InChI is InChI=1S/C9H15/c1-2-8-5-7-3-4-9(8)6-7/h4,7-9H,2-3,5-6H2,1H3. The van der Waals surface area contributed by atoms with Gasteiger partial charge in [0.25, 0.3) is 0 Å². The van der Waals surface area contributed by atoms with Crippen molar-refractivity contribution in [3.63, 3.8) is 0 Å². The number of fused-ring (bicyclic) bond motifs is 2. The molecule has 0 aromatic rings. The SMILES string of the molecule is CCC1CC2C[CH]C1C2. The van der Waals surface area contributed by atoms with Crippen molar-refractivity contribution in [2.75, 3.05) is 0 Å². The molecule has 3 atom stereocenters. The monoisotopic (exact) mass is 123 g/mol. The van der Waals surface area contributed by atoms with Crippen molar-refractivity contribution in [1.82, 2.24) is 0 Å². The van der Waals surface area contributed by atoms with E-state index in [0.29, 0.717) is 0 Å². The Labute approximate surface area is 57.6 Å². The number of rotatable bonds is 1. The van der Waals surface area contributed by atoms with E-state index in [1.807, 2.05) is 0 Å². The highest BCUT2D eigenvalue weighted by molar-refractivity contribution is 4.99. The highest BCUT2D eigenvalue weighted by atomic mass is 14.4. The van der Waals surface area contributed by atoms with Crippen molar-refractivity contribution in [3.8, 4) is 0 Å². The molecule has 9 heavy (non-hydrogen) atoms. The Morgan fingerprint density at radius 2 is 2.33 bits per heavy atom. The summed E-state index contributed by atoms with van der Waals surface area (Å²) >= 11 is 0. The fraction of sp³-hybridized carbons (Fsp3) is 0.889. The zero-order valence-corrected chi connectivity index (χ0v) is 6.14. The second kappa shape index (κ2) is 2.00. The molecule has 0 saturated heterocycles. The maximum absolute atomic E-state index is 2.56. The molecule has 0 heterocycles. The molecular weight excluding hydrogens is 108 g/mol. The van der Waals surface area contributed by atoms with Crippen LogP contribution < -0.4 is 0 Å². The van der Waals surface area contributed by atoms with Crippen LogP contribution in [-0.2, 0) is 0 Å². The van der Waals surface area contributed by atoms with Gasteiger partial charge in [-0.3, -0.25) is 0 Å². The van der Waals surface area contributed by atoms with Crippen LogP contribution in [0.15, 0.2) is 0 Å². The minimum absolute atomic E-state index is 1.03. The minimum atomic E-state index is 1.03. The molecule has 2 bridgehead atoms. The van der Waals surface area contributed by atoms with E-state index in [9.17, 15) is 0 Å². The van der Waals surface area contributed by atoms with Gasteiger partial charge in [0, 0.05) is 0 Å². The van der Waals surface area contributed by atoms with Gasteiger partial charge in [-0.1, -0.05) is 13.3 Å². The summed E-state index contributed by atoms with van der Waals surface area (Å²) in [6.45, 7) is 2.33. The molecule has 1 radical (unpaired) electrons. The molecule has 0 N–H and O–H groups in total. The smallest absolute Gasteiger partial charge is 0.0349 e. The predicted molar refractivity (Wildman–Crippen MR) is 38.9 cm³/mol. The summed E-state index contributed by atoms with van der Waals surface area (Å²) in [6.07, 6.45) is 8.47. The molecule has 0 aromatic carbocycles. The first-order chi connectivity index (χ1) is 4.40. The van der Waals surface area contributed by atoms with Crippen molar-refractivity contribution in [2.45, 2.75) is 32.6 Å². The van der Waals surface area contributed by atoms with E-state index in [1.165, 1.54) is 25.7 Å². The van der Waals surface area contributed by atoms with Crippen LogP contribution in [0.2, 0.25) is 0 Å². The van der Waals surface area contributed by atoms with E-state index in [0.717, 1.165) is 17.8 Å². The van der Waals surface area contributed by atoms with Gasteiger partial charge < -0.3 is 0 Å². The molecule has 3 unspecified atom stereocenters. The van der Waals surface area contributed by atoms with Crippen LogP contribution in [0, 0.1) is 24.2 Å². The molecule has 0 heteroatoms. The third-order valence-corrected chi connectivity index (χ3v) is 3.14. The minimum Gasteiger partial charge on any atom is -0.0651 e. The van der Waals surface area contributed by atoms with Crippen LogP contribution >= 0.6 is 0 Å². The third kappa shape index (κ3) is 0.798. The van der Waals surface area contributed by atoms with Gasteiger partial charge in [0.1, 0.15) is 0 Å². The van der Waals surface area contributed by atoms with E-state index in [-0.39, 0.29) is 0 Å². The predicted octanol–water partition coefficient (Wildman–Crippen LogP) is 2.65. The van der Waals surface area contributed by atoms with E-state index >= 15 is 0 Å². The van der Waals surface area contributed by atoms with E-state index < -0.39 is 0 Å². The quantitative estimate of drug-likeness (QED) is 0.503. The lowest BCUT2D eigenvalue weighted by molar-refractivity contribution is 0.382. The van der Waals surface area contributed by atoms with Crippen LogP contribution in [0.5, 0.6) is 0 Å². The Kier molecular flexibility index (Phi) is 1.28. The lowest BCUT2D eigenvalue weighted by Crippen LogP contribution is -2.08. The average Bonchev–Trinajstić information content (AvgIpc) is 2.45. The molecule has 2 aliphatic carbocycles. The van der Waals surface area contributed by atoms with Gasteiger partial charge in [0.2, 0.25) is 0 Å². The van der Waals surface area contributed by atoms with Crippen LogP contribution in [0.3, 0.4) is 0 Å². The molecule has 2 saturated carbocycles. The van der Waals surface area contributed by atoms with Gasteiger partial charge in [-0.15, -0.1) is 0 Å². The van der Waals surface area contributed by atoms with E-state index in [2.05, 4.69) is 13.3 Å². The fourth-order valence-corrected chi connectivity index (χ4v) is 2.59. The van der Waals surface area contributed by atoms with Crippen molar-refractivity contribution < 1.29 is 0 Å². The molecule has 0 aromatic heterocycles. The Hall–Kier alpha value is 0. The summed E-state index contributed by atoms with van der Waals surface area (Å²) in [4.78, 5) is 0. The van der Waals surface area contributed by atoms with Gasteiger partial charge in [-0.2, -0.15) is 0 Å². The topological polar surface area (TPSA) is 0 Å². The largest absolute Gasteiger partial charge is 0.0651 e. The van der Waals surface area contributed by atoms with E-state index in [4.69, 9.17) is 0 Å². The van der Waals surface area contributed by atoms with Gasteiger partial charge in [0.15, 0.2) is 0 Å². The molecule has 0 nitrogen and oxygen atoms in total. The summed E-state index contributed by atoms with van der Waals surface area (Å²) < 4.78 is 0. The maximum Gasteiger partial charge on any atom is -0.0349 e. The maximum atomic E-state index is 2.56. The van der Waals surface area contributed by atoms with Crippen molar-refractivity contribution in [3.05, 3.63) is 6.42 Å². The molecular formula is C9H15. The molecule has 2 fully saturated rings. The van der Waals surface area contributed by atoms with Crippen molar-refractivity contribution >= 4 is 0 Å². The lowest BCUT2D eigenvalue weighted by Gasteiger charge is -2.18.